The van der Waals surface area contributed by atoms with Crippen molar-refractivity contribution in [1.82, 2.24) is 5.48 Å². The van der Waals surface area contributed by atoms with Crippen molar-refractivity contribution in [2.24, 2.45) is 5.73 Å². The van der Waals surface area contributed by atoms with Crippen molar-refractivity contribution in [3.8, 4) is 0 Å². The number of nitrogens with one attached hydrogen (secondary N) is 1. The van der Waals surface area contributed by atoms with Crippen molar-refractivity contribution in [1.29, 1.82) is 0 Å². The first-order valence-corrected chi connectivity index (χ1v) is 3.52. The standard InChI is InChI=1S/C4H7NO2S.CH3NOS/c1-2-3-7-4(8)5-6;2-1(3)4/h2,6H,1,3H2,(H,5,8);(H3,2,3,4). The summed E-state index contributed by atoms with van der Waals surface area (Å²) in [6, 6.07) is 0. The van der Waals surface area contributed by atoms with Gasteiger partial charge < -0.3 is 15.6 Å². The predicted molar refractivity (Wildman–Crippen MR) is 53.1 cm³/mol. The third kappa shape index (κ3) is 23.0. The Morgan fingerprint density at radius 3 is 2.33 bits per heavy atom. The van der Waals surface area contributed by atoms with E-state index in [1.165, 1.54) is 6.08 Å². The summed E-state index contributed by atoms with van der Waals surface area (Å²) < 4.78 is 4.59. The molecule has 0 fully saturated rings. The van der Waals surface area contributed by atoms with Gasteiger partial charge in [-0.05, 0) is 24.4 Å². The molecule has 0 heterocycles. The van der Waals surface area contributed by atoms with E-state index >= 15 is 0 Å². The minimum Gasteiger partial charge on any atom is -0.487 e. The second kappa shape index (κ2) is 10.1. The van der Waals surface area contributed by atoms with Crippen molar-refractivity contribution >= 4 is 34.8 Å². The highest BCUT2D eigenvalue weighted by Gasteiger charge is 1.86. The second-order valence-electron chi connectivity index (χ2n) is 1.34. The fourth-order valence-electron chi connectivity index (χ4n) is 0.167. The lowest BCUT2D eigenvalue weighted by atomic mass is 10.7. The Balaban J connectivity index is 0. The molecule has 0 rings (SSSR count). The molecule has 0 aliphatic carbocycles. The Bertz CT molecular complexity index is 159. The number of hydroxylamine groups is 1. The van der Waals surface area contributed by atoms with Crippen LogP contribution in [0.5, 0.6) is 0 Å². The second-order valence-corrected chi connectivity index (χ2v) is 2.13. The van der Waals surface area contributed by atoms with E-state index in [2.05, 4.69) is 41.5 Å². The average Bonchev–Trinajstić information content (AvgIpc) is 1.99. The highest BCUT2D eigenvalue weighted by molar-refractivity contribution is 7.80. The van der Waals surface area contributed by atoms with Gasteiger partial charge in [-0.15, -0.1) is 0 Å². The maximum Gasteiger partial charge on any atom is 0.281 e. The van der Waals surface area contributed by atoms with Gasteiger partial charge in [-0.3, -0.25) is 5.21 Å². The van der Waals surface area contributed by atoms with Gasteiger partial charge in [0, 0.05) is 0 Å². The Morgan fingerprint density at radius 2 is 2.08 bits per heavy atom. The Hall–Kier alpha value is -0.920. The molecule has 0 saturated carbocycles. The summed E-state index contributed by atoms with van der Waals surface area (Å²) in [5.41, 5.74) is 6.06. The lowest BCUT2D eigenvalue weighted by Crippen LogP contribution is -2.19. The molecule has 70 valence electrons. The molecular formula is C5H10N2O3S2. The third-order valence-corrected chi connectivity index (χ3v) is 0.633. The first-order chi connectivity index (χ1) is 5.54. The van der Waals surface area contributed by atoms with Gasteiger partial charge in [0.05, 0.1) is 0 Å². The smallest absolute Gasteiger partial charge is 0.281 e. The number of hydrogen-bond donors (Lipinski definition) is 4. The van der Waals surface area contributed by atoms with E-state index in [1.54, 1.807) is 5.48 Å². The van der Waals surface area contributed by atoms with Crippen LogP contribution in [0.25, 0.3) is 0 Å². The molecule has 0 aromatic heterocycles. The van der Waals surface area contributed by atoms with Crippen LogP contribution in [0.2, 0.25) is 0 Å². The average molecular weight is 210 g/mol. The summed E-state index contributed by atoms with van der Waals surface area (Å²) in [6.07, 6.45) is 1.53. The van der Waals surface area contributed by atoms with E-state index in [0.29, 0.717) is 6.61 Å². The molecule has 0 radical (unpaired) electrons. The summed E-state index contributed by atoms with van der Waals surface area (Å²) in [6.45, 7) is 3.68. The molecule has 0 unspecified atom stereocenters. The molecule has 0 aromatic rings. The van der Waals surface area contributed by atoms with Crippen molar-refractivity contribution in [2.45, 2.75) is 0 Å². The number of ether oxygens (including phenoxy) is 1. The van der Waals surface area contributed by atoms with Crippen molar-refractivity contribution in [3.05, 3.63) is 12.7 Å². The zero-order chi connectivity index (χ0) is 9.98. The fraction of sp³-hybridized carbons (Fsp3) is 0.200. The minimum atomic E-state index is -0.500. The normalized spacial score (nSPS) is 7.08. The van der Waals surface area contributed by atoms with Crippen LogP contribution in [-0.2, 0) is 4.74 Å². The summed E-state index contributed by atoms with van der Waals surface area (Å²) in [5.74, 6) is 0. The summed E-state index contributed by atoms with van der Waals surface area (Å²) in [7, 11) is 0. The first-order valence-electron chi connectivity index (χ1n) is 2.70. The van der Waals surface area contributed by atoms with E-state index in [-0.39, 0.29) is 5.17 Å². The minimum absolute atomic E-state index is 0.0371. The number of thiocarbonyl (C=S) groups is 2. The van der Waals surface area contributed by atoms with E-state index < -0.39 is 5.17 Å². The monoisotopic (exact) mass is 210 g/mol. The summed E-state index contributed by atoms with van der Waals surface area (Å²) in [4.78, 5) is 0. The zero-order valence-corrected chi connectivity index (χ0v) is 7.82. The number of rotatable bonds is 2. The zero-order valence-electron chi connectivity index (χ0n) is 6.19. The van der Waals surface area contributed by atoms with E-state index in [0.717, 1.165) is 0 Å². The van der Waals surface area contributed by atoms with Gasteiger partial charge in [0.2, 0.25) is 0 Å². The molecule has 5 nitrogen and oxygen atoms in total. The van der Waals surface area contributed by atoms with Crippen LogP contribution in [0.15, 0.2) is 12.7 Å². The van der Waals surface area contributed by atoms with Gasteiger partial charge in [0.1, 0.15) is 6.61 Å². The Labute approximate surface area is 80.8 Å². The fourth-order valence-corrected chi connectivity index (χ4v) is 0.235. The summed E-state index contributed by atoms with van der Waals surface area (Å²) in [5, 5.41) is 15.0. The van der Waals surface area contributed by atoms with Gasteiger partial charge in [0.25, 0.3) is 10.3 Å². The molecule has 0 aromatic carbocycles. The van der Waals surface area contributed by atoms with E-state index in [1.807, 2.05) is 0 Å². The van der Waals surface area contributed by atoms with Gasteiger partial charge in [0.15, 0.2) is 0 Å². The highest BCUT2D eigenvalue weighted by Crippen LogP contribution is 1.75. The lowest BCUT2D eigenvalue weighted by Gasteiger charge is -1.99. The molecule has 0 aliphatic rings. The predicted octanol–water partition coefficient (Wildman–Crippen LogP) is 0.241. The van der Waals surface area contributed by atoms with E-state index in [4.69, 9.17) is 10.3 Å². The van der Waals surface area contributed by atoms with Crippen LogP contribution < -0.4 is 11.2 Å². The van der Waals surface area contributed by atoms with Crippen LogP contribution >= 0.6 is 24.4 Å². The number of nitrogens with two attached hydrogens (primary N) is 1. The summed E-state index contributed by atoms with van der Waals surface area (Å²) >= 11 is 8.26. The van der Waals surface area contributed by atoms with Crippen LogP contribution in [-0.4, -0.2) is 27.3 Å². The quantitative estimate of drug-likeness (QED) is 0.295. The number of aliphatic hydroxyl groups is 1. The first kappa shape index (κ1) is 13.7. The van der Waals surface area contributed by atoms with Crippen LogP contribution in [0.1, 0.15) is 0 Å². The maximum atomic E-state index is 8.01. The molecule has 5 N–H and O–H groups in total. The molecule has 0 saturated heterocycles. The molecule has 0 spiro atoms. The maximum absolute atomic E-state index is 8.01. The largest absolute Gasteiger partial charge is 0.487 e. The third-order valence-electron chi connectivity index (χ3n) is 0.424. The van der Waals surface area contributed by atoms with Crippen LogP contribution in [0, 0.1) is 0 Å². The van der Waals surface area contributed by atoms with E-state index in [9.17, 15) is 0 Å². The molecule has 0 atom stereocenters. The van der Waals surface area contributed by atoms with Crippen molar-refractivity contribution < 1.29 is 15.1 Å². The van der Waals surface area contributed by atoms with Crippen molar-refractivity contribution in [2.75, 3.05) is 6.61 Å². The van der Waals surface area contributed by atoms with Gasteiger partial charge in [-0.1, -0.05) is 12.7 Å². The Morgan fingerprint density at radius 1 is 1.67 bits per heavy atom. The molecular weight excluding hydrogens is 200 g/mol. The molecule has 7 heteroatoms. The topological polar surface area (TPSA) is 87.7 Å². The molecule has 12 heavy (non-hydrogen) atoms. The number of hydrogen-bond acceptors (Lipinski definition) is 4. The van der Waals surface area contributed by atoms with Crippen LogP contribution in [0.4, 0.5) is 0 Å². The molecule has 0 aliphatic heterocycles. The Kier molecular flexibility index (Phi) is 11.5. The SMILES string of the molecule is C=CCOC(=S)NO.NC(O)=S. The van der Waals surface area contributed by atoms with Crippen LogP contribution in [0.3, 0.4) is 0 Å². The highest BCUT2D eigenvalue weighted by atomic mass is 32.1. The van der Waals surface area contributed by atoms with Crippen molar-refractivity contribution in [3.63, 3.8) is 0 Å². The molecule has 0 bridgehead atoms. The molecule has 0 amide bonds. The van der Waals surface area contributed by atoms with Gasteiger partial charge in [-0.25, -0.2) is 5.48 Å². The number of aliphatic hydroxyl groups excluding tert-OH is 1. The lowest BCUT2D eigenvalue weighted by molar-refractivity contribution is 0.192. The van der Waals surface area contributed by atoms with Gasteiger partial charge >= 0.3 is 0 Å². The van der Waals surface area contributed by atoms with Gasteiger partial charge in [-0.2, -0.15) is 0 Å².